The second-order valence-electron chi connectivity index (χ2n) is 9.10. The van der Waals surface area contributed by atoms with E-state index in [9.17, 15) is 22.8 Å². The molecular weight excluding hydrogens is 511 g/mol. The van der Waals surface area contributed by atoms with Gasteiger partial charge in [-0.2, -0.15) is 28.6 Å². The molecule has 0 spiro atoms. The highest BCUT2D eigenvalue weighted by Gasteiger charge is 2.39. The molecule has 0 atom stereocenters. The van der Waals surface area contributed by atoms with Crippen LogP contribution in [-0.4, -0.2) is 45.2 Å². The number of piperidine rings is 1. The lowest BCUT2D eigenvalue weighted by molar-refractivity contribution is -0.141. The Morgan fingerprint density at radius 3 is 2.15 bits per heavy atom. The van der Waals surface area contributed by atoms with Crippen LogP contribution in [0.1, 0.15) is 50.9 Å². The number of aromatic nitrogens is 3. The summed E-state index contributed by atoms with van der Waals surface area (Å²) in [7, 11) is 0. The van der Waals surface area contributed by atoms with Crippen LogP contribution in [0.4, 0.5) is 18.9 Å². The van der Waals surface area contributed by atoms with Gasteiger partial charge in [0.25, 0.3) is 11.8 Å². The molecule has 5 rings (SSSR count). The summed E-state index contributed by atoms with van der Waals surface area (Å²) in [5.74, 6) is 0.546. The molecule has 0 unspecified atom stereocenters. The van der Waals surface area contributed by atoms with E-state index in [1.807, 2.05) is 52.6 Å². The summed E-state index contributed by atoms with van der Waals surface area (Å²) in [6.45, 7) is 1.19. The molecule has 11 heteroatoms. The number of hydrogen-bond acceptors (Lipinski definition) is 5. The SMILES string of the molecule is O=C(Nc1ccc(C2CCN(C(=O)c3ccc(Oc4ccccc4)cc3)CC2)cc1)c1n[nH]nc1C(F)(F)F. The molecule has 4 aromatic rings. The summed E-state index contributed by atoms with van der Waals surface area (Å²) in [6, 6.07) is 23.4. The van der Waals surface area contributed by atoms with Gasteiger partial charge < -0.3 is 15.0 Å². The van der Waals surface area contributed by atoms with Crippen LogP contribution in [0.3, 0.4) is 0 Å². The van der Waals surface area contributed by atoms with Gasteiger partial charge in [0.05, 0.1) is 0 Å². The lowest BCUT2D eigenvalue weighted by Gasteiger charge is -2.32. The number of likely N-dealkylation sites (tertiary alicyclic amines) is 1. The van der Waals surface area contributed by atoms with Crippen molar-refractivity contribution < 1.29 is 27.5 Å². The van der Waals surface area contributed by atoms with E-state index < -0.39 is 23.5 Å². The van der Waals surface area contributed by atoms with Crippen molar-refractivity contribution in [2.24, 2.45) is 0 Å². The van der Waals surface area contributed by atoms with Gasteiger partial charge >= 0.3 is 6.18 Å². The summed E-state index contributed by atoms with van der Waals surface area (Å²) < 4.78 is 44.7. The summed E-state index contributed by atoms with van der Waals surface area (Å²) in [4.78, 5) is 27.1. The predicted octanol–water partition coefficient (Wildman–Crippen LogP) is 5.89. The van der Waals surface area contributed by atoms with E-state index >= 15 is 0 Å². The monoisotopic (exact) mass is 535 g/mol. The fraction of sp³-hybridized carbons (Fsp3) is 0.214. The molecule has 2 heterocycles. The highest BCUT2D eigenvalue weighted by molar-refractivity contribution is 6.03. The van der Waals surface area contributed by atoms with Crippen molar-refractivity contribution in [3.8, 4) is 11.5 Å². The number of carbonyl (C=O) groups excluding carboxylic acids is 2. The average Bonchev–Trinajstić information content (AvgIpc) is 3.46. The molecular formula is C28H24F3N5O3. The molecule has 0 saturated carbocycles. The van der Waals surface area contributed by atoms with Crippen molar-refractivity contribution in [2.45, 2.75) is 24.9 Å². The third kappa shape index (κ3) is 6.08. The van der Waals surface area contributed by atoms with Crippen LogP contribution in [0.5, 0.6) is 11.5 Å². The smallest absolute Gasteiger partial charge is 0.437 e. The molecule has 1 fully saturated rings. The van der Waals surface area contributed by atoms with Crippen LogP contribution >= 0.6 is 0 Å². The quantitative estimate of drug-likeness (QED) is 0.321. The Labute approximate surface area is 221 Å². The van der Waals surface area contributed by atoms with Crippen LogP contribution in [0, 0.1) is 0 Å². The molecule has 1 saturated heterocycles. The van der Waals surface area contributed by atoms with E-state index in [1.54, 1.807) is 36.4 Å². The van der Waals surface area contributed by atoms with Gasteiger partial charge in [-0.3, -0.25) is 9.59 Å². The van der Waals surface area contributed by atoms with Crippen molar-refractivity contribution in [1.82, 2.24) is 20.3 Å². The Morgan fingerprint density at radius 1 is 0.872 bits per heavy atom. The summed E-state index contributed by atoms with van der Waals surface area (Å²) in [5.41, 5.74) is -0.224. The Bertz CT molecular complexity index is 1430. The molecule has 8 nitrogen and oxygen atoms in total. The standard InChI is InChI=1S/C28H24F3N5O3/c29-28(30,31)25-24(33-35-34-25)26(37)32-21-10-6-18(7-11-21)19-14-16-36(17-15-19)27(38)20-8-12-23(13-9-20)39-22-4-2-1-3-5-22/h1-13,19H,14-17H2,(H,32,37)(H,33,34,35). The normalized spacial score (nSPS) is 14.2. The zero-order valence-electron chi connectivity index (χ0n) is 20.6. The zero-order valence-corrected chi connectivity index (χ0v) is 20.6. The van der Waals surface area contributed by atoms with Gasteiger partial charge in [-0.1, -0.05) is 30.3 Å². The summed E-state index contributed by atoms with van der Waals surface area (Å²) in [6.07, 6.45) is -3.26. The number of alkyl halides is 3. The van der Waals surface area contributed by atoms with Gasteiger partial charge in [0.15, 0.2) is 11.4 Å². The number of carbonyl (C=O) groups is 2. The molecule has 3 aromatic carbocycles. The number of H-pyrrole nitrogens is 1. The van der Waals surface area contributed by atoms with E-state index in [0.717, 1.165) is 24.2 Å². The fourth-order valence-corrected chi connectivity index (χ4v) is 4.50. The number of para-hydroxylation sites is 1. The minimum atomic E-state index is -4.79. The number of anilines is 1. The Balaban J connectivity index is 1.14. The molecule has 39 heavy (non-hydrogen) atoms. The number of halogens is 3. The summed E-state index contributed by atoms with van der Waals surface area (Å²) >= 11 is 0. The number of nitrogens with zero attached hydrogens (tertiary/aromatic N) is 3. The molecule has 0 aliphatic carbocycles. The number of ether oxygens (including phenoxy) is 1. The fourth-order valence-electron chi connectivity index (χ4n) is 4.50. The number of benzene rings is 3. The van der Waals surface area contributed by atoms with Crippen molar-refractivity contribution in [3.05, 3.63) is 101 Å². The number of nitrogens with one attached hydrogen (secondary N) is 2. The van der Waals surface area contributed by atoms with Gasteiger partial charge in [-0.25, -0.2) is 0 Å². The lowest BCUT2D eigenvalue weighted by Crippen LogP contribution is -2.37. The van der Waals surface area contributed by atoms with Crippen molar-refractivity contribution in [2.75, 3.05) is 18.4 Å². The van der Waals surface area contributed by atoms with Crippen LogP contribution in [0.15, 0.2) is 78.9 Å². The van der Waals surface area contributed by atoms with Gasteiger partial charge in [-0.05, 0) is 72.9 Å². The van der Waals surface area contributed by atoms with Crippen LogP contribution < -0.4 is 10.1 Å². The Hall–Kier alpha value is -4.67. The molecule has 200 valence electrons. The first kappa shape index (κ1) is 26.0. The maximum Gasteiger partial charge on any atom is 0.437 e. The lowest BCUT2D eigenvalue weighted by atomic mass is 9.89. The Morgan fingerprint density at radius 2 is 1.51 bits per heavy atom. The van der Waals surface area contributed by atoms with E-state index in [1.165, 1.54) is 0 Å². The van der Waals surface area contributed by atoms with Crippen molar-refractivity contribution in [3.63, 3.8) is 0 Å². The van der Waals surface area contributed by atoms with Crippen LogP contribution in [0.2, 0.25) is 0 Å². The van der Waals surface area contributed by atoms with Gasteiger partial charge in [0.1, 0.15) is 11.5 Å². The number of rotatable bonds is 6. The highest BCUT2D eigenvalue weighted by atomic mass is 19.4. The number of aromatic amines is 1. The molecule has 1 aromatic heterocycles. The first-order valence-corrected chi connectivity index (χ1v) is 12.3. The molecule has 2 N–H and O–H groups in total. The number of hydrogen-bond donors (Lipinski definition) is 2. The largest absolute Gasteiger partial charge is 0.457 e. The molecule has 2 amide bonds. The average molecular weight is 536 g/mol. The van der Waals surface area contributed by atoms with Crippen molar-refractivity contribution in [1.29, 1.82) is 0 Å². The van der Waals surface area contributed by atoms with Gasteiger partial charge in [-0.15, -0.1) is 0 Å². The third-order valence-corrected chi connectivity index (χ3v) is 6.53. The first-order valence-electron chi connectivity index (χ1n) is 12.3. The number of amides is 2. The topological polar surface area (TPSA) is 100 Å². The predicted molar refractivity (Wildman–Crippen MR) is 137 cm³/mol. The molecule has 1 aliphatic heterocycles. The molecule has 0 bridgehead atoms. The maximum atomic E-state index is 13.0. The van der Waals surface area contributed by atoms with Crippen molar-refractivity contribution >= 4 is 17.5 Å². The first-order chi connectivity index (χ1) is 18.8. The highest BCUT2D eigenvalue weighted by Crippen LogP contribution is 2.31. The Kier molecular flexibility index (Phi) is 7.31. The van der Waals surface area contributed by atoms with E-state index in [0.29, 0.717) is 30.1 Å². The second kappa shape index (κ2) is 11.0. The maximum absolute atomic E-state index is 13.0. The third-order valence-electron chi connectivity index (χ3n) is 6.53. The van der Waals surface area contributed by atoms with Gasteiger partial charge in [0, 0.05) is 24.3 Å². The van der Waals surface area contributed by atoms with E-state index in [-0.39, 0.29) is 11.8 Å². The van der Waals surface area contributed by atoms with Gasteiger partial charge in [0.2, 0.25) is 0 Å². The molecule has 0 radical (unpaired) electrons. The van der Waals surface area contributed by atoms with Crippen LogP contribution in [0.25, 0.3) is 0 Å². The van der Waals surface area contributed by atoms with E-state index in [2.05, 4.69) is 15.5 Å². The zero-order chi connectivity index (χ0) is 27.4. The minimum absolute atomic E-state index is 0.0381. The van der Waals surface area contributed by atoms with Crippen LogP contribution in [-0.2, 0) is 6.18 Å². The van der Waals surface area contributed by atoms with E-state index in [4.69, 9.17) is 4.74 Å². The second-order valence-corrected chi connectivity index (χ2v) is 9.10. The minimum Gasteiger partial charge on any atom is -0.457 e. The molecule has 1 aliphatic rings. The summed E-state index contributed by atoms with van der Waals surface area (Å²) in [5, 5.41) is 10.6.